The Hall–Kier alpha value is -2.35. The Kier molecular flexibility index (Phi) is 6.62. The van der Waals surface area contributed by atoms with Crippen LogP contribution in [0.5, 0.6) is 0 Å². The van der Waals surface area contributed by atoms with Crippen LogP contribution in [-0.4, -0.2) is 33.1 Å². The van der Waals surface area contributed by atoms with Crippen LogP contribution < -0.4 is 11.1 Å². The van der Waals surface area contributed by atoms with E-state index in [-0.39, 0.29) is 24.3 Å². The van der Waals surface area contributed by atoms with Gasteiger partial charge in [0.15, 0.2) is 0 Å². The normalized spacial score (nSPS) is 15.3. The molecule has 0 fully saturated rings. The molecule has 3 rings (SSSR count). The number of thiocarbonyl (C=S) groups is 1. The third kappa shape index (κ3) is 4.80. The van der Waals surface area contributed by atoms with Crippen LogP contribution in [0.3, 0.4) is 0 Å². The van der Waals surface area contributed by atoms with Crippen molar-refractivity contribution in [2.24, 2.45) is 12.8 Å². The minimum absolute atomic E-state index is 0.258. The number of hydrogen-bond donors (Lipinski definition) is 2. The van der Waals surface area contributed by atoms with Gasteiger partial charge < -0.3 is 11.1 Å². The van der Waals surface area contributed by atoms with Crippen LogP contribution in [0.15, 0.2) is 47.7 Å². The summed E-state index contributed by atoms with van der Waals surface area (Å²) in [6, 6.07) is 5.87. The maximum atomic E-state index is 13.1. The monoisotopic (exact) mass is 432 g/mol. The maximum absolute atomic E-state index is 13.1. The van der Waals surface area contributed by atoms with Crippen LogP contribution in [0.2, 0.25) is 5.02 Å². The Balaban J connectivity index is 1.78. The highest BCUT2D eigenvalue weighted by Gasteiger charge is 2.26. The standard InChI is InChI=1S/C21H22ClFN4OS/c1-12-7-17(19(29)9-16(12)20-18(22)11-25-27(20)2)21(28)26-15(10-24)8-13-3-5-14(23)6-4-13/h3-7,11,15H,8-10,24H2,1-2H3,(H,26,28)/t15-/m0/s1. The fourth-order valence-corrected chi connectivity index (χ4v) is 3.93. The van der Waals surface area contributed by atoms with Crippen molar-refractivity contribution in [2.45, 2.75) is 25.8 Å². The van der Waals surface area contributed by atoms with Crippen LogP contribution in [0.4, 0.5) is 4.39 Å². The van der Waals surface area contributed by atoms with E-state index in [0.29, 0.717) is 28.3 Å². The summed E-state index contributed by atoms with van der Waals surface area (Å²) in [5.74, 6) is -0.562. The van der Waals surface area contributed by atoms with Crippen molar-refractivity contribution in [3.05, 3.63) is 69.8 Å². The first-order chi connectivity index (χ1) is 13.8. The number of benzene rings is 1. The van der Waals surface area contributed by atoms with Crippen LogP contribution in [0.1, 0.15) is 24.6 Å². The van der Waals surface area contributed by atoms with E-state index in [4.69, 9.17) is 29.6 Å². The molecule has 0 saturated heterocycles. The number of nitrogens with zero attached hydrogens (tertiary/aromatic N) is 2. The van der Waals surface area contributed by atoms with Gasteiger partial charge in [0.05, 0.1) is 22.5 Å². The first kappa shape index (κ1) is 21.4. The van der Waals surface area contributed by atoms with Gasteiger partial charge in [0.25, 0.3) is 5.91 Å². The van der Waals surface area contributed by atoms with Crippen LogP contribution in [0, 0.1) is 5.82 Å². The van der Waals surface area contributed by atoms with Gasteiger partial charge in [-0.25, -0.2) is 4.39 Å². The average molecular weight is 433 g/mol. The van der Waals surface area contributed by atoms with E-state index in [1.165, 1.54) is 12.1 Å². The number of nitrogens with two attached hydrogens (primary N) is 1. The maximum Gasteiger partial charge on any atom is 0.252 e. The Labute approximate surface area is 179 Å². The molecule has 5 nitrogen and oxygen atoms in total. The van der Waals surface area contributed by atoms with Crippen LogP contribution in [0.25, 0.3) is 5.57 Å². The van der Waals surface area contributed by atoms with Crippen molar-refractivity contribution in [2.75, 3.05) is 6.54 Å². The molecule has 29 heavy (non-hydrogen) atoms. The highest BCUT2D eigenvalue weighted by molar-refractivity contribution is 7.81. The van der Waals surface area contributed by atoms with E-state index >= 15 is 0 Å². The fraction of sp³-hybridized carbons (Fsp3) is 0.286. The number of nitrogens with one attached hydrogen (secondary N) is 1. The molecule has 152 valence electrons. The predicted octanol–water partition coefficient (Wildman–Crippen LogP) is 3.37. The summed E-state index contributed by atoms with van der Waals surface area (Å²) in [5, 5.41) is 7.66. The second-order valence-electron chi connectivity index (χ2n) is 7.02. The Morgan fingerprint density at radius 1 is 1.41 bits per heavy atom. The van der Waals surface area contributed by atoms with Gasteiger partial charge in [0.1, 0.15) is 5.82 Å². The van der Waals surface area contributed by atoms with Crippen molar-refractivity contribution < 1.29 is 9.18 Å². The lowest BCUT2D eigenvalue weighted by Gasteiger charge is -2.22. The molecule has 1 amide bonds. The molecule has 1 aromatic heterocycles. The van der Waals surface area contributed by atoms with E-state index in [1.807, 2.05) is 14.0 Å². The molecule has 0 radical (unpaired) electrons. The SMILES string of the molecule is CC1=C(c2c(Cl)cnn2C)CC(=S)C(C(=O)N[C@H](CN)Cc2ccc(F)cc2)=C1. The Morgan fingerprint density at radius 2 is 2.10 bits per heavy atom. The molecular weight excluding hydrogens is 411 g/mol. The largest absolute Gasteiger partial charge is 0.348 e. The molecule has 3 N–H and O–H groups in total. The minimum Gasteiger partial charge on any atom is -0.348 e. The number of hydrogen-bond acceptors (Lipinski definition) is 4. The van der Waals surface area contributed by atoms with E-state index < -0.39 is 0 Å². The second-order valence-corrected chi connectivity index (χ2v) is 7.92. The smallest absolute Gasteiger partial charge is 0.252 e. The Morgan fingerprint density at radius 3 is 2.69 bits per heavy atom. The second kappa shape index (κ2) is 8.98. The van der Waals surface area contributed by atoms with Crippen molar-refractivity contribution in [3.63, 3.8) is 0 Å². The highest BCUT2D eigenvalue weighted by Crippen LogP contribution is 2.33. The van der Waals surface area contributed by atoms with Gasteiger partial charge in [-0.2, -0.15) is 5.10 Å². The molecule has 0 unspecified atom stereocenters. The first-order valence-corrected chi connectivity index (χ1v) is 9.96. The molecular formula is C21H22ClFN4OS. The molecule has 1 atom stereocenters. The number of carbonyl (C=O) groups excluding carboxylic acids is 1. The molecule has 1 aromatic carbocycles. The summed E-state index contributed by atoms with van der Waals surface area (Å²) >= 11 is 11.8. The number of allylic oxidation sites excluding steroid dienone is 3. The lowest BCUT2D eigenvalue weighted by atomic mass is 9.90. The van der Waals surface area contributed by atoms with Crippen molar-refractivity contribution in [1.29, 1.82) is 0 Å². The summed E-state index contributed by atoms with van der Waals surface area (Å²) in [4.78, 5) is 13.4. The van der Waals surface area contributed by atoms with Crippen LogP contribution >= 0.6 is 23.8 Å². The van der Waals surface area contributed by atoms with Gasteiger partial charge in [0.2, 0.25) is 0 Å². The number of aromatic nitrogens is 2. The molecule has 0 spiro atoms. The molecule has 8 heteroatoms. The quantitative estimate of drug-likeness (QED) is 0.686. The molecule has 1 heterocycles. The third-order valence-corrected chi connectivity index (χ3v) is 5.56. The number of aryl methyl sites for hydroxylation is 1. The lowest BCUT2D eigenvalue weighted by molar-refractivity contribution is -0.117. The van der Waals surface area contributed by atoms with E-state index in [9.17, 15) is 9.18 Å². The number of halogens is 2. The van der Waals surface area contributed by atoms with E-state index in [1.54, 1.807) is 29.1 Å². The molecule has 1 aliphatic rings. The topological polar surface area (TPSA) is 72.9 Å². The van der Waals surface area contributed by atoms with Gasteiger partial charge in [-0.05, 0) is 48.3 Å². The zero-order chi connectivity index (χ0) is 21.1. The van der Waals surface area contributed by atoms with Gasteiger partial charge in [0, 0.05) is 30.9 Å². The lowest BCUT2D eigenvalue weighted by Crippen LogP contribution is -2.43. The summed E-state index contributed by atoms with van der Waals surface area (Å²) in [6.07, 6.45) is 4.32. The van der Waals surface area contributed by atoms with Gasteiger partial charge in [-0.3, -0.25) is 9.48 Å². The average Bonchev–Trinajstić information content (AvgIpc) is 3.02. The zero-order valence-electron chi connectivity index (χ0n) is 16.2. The number of carbonyl (C=O) groups is 1. The van der Waals surface area contributed by atoms with Gasteiger partial charge >= 0.3 is 0 Å². The van der Waals surface area contributed by atoms with E-state index in [0.717, 1.165) is 22.4 Å². The van der Waals surface area contributed by atoms with E-state index in [2.05, 4.69) is 10.4 Å². The molecule has 1 aliphatic carbocycles. The highest BCUT2D eigenvalue weighted by atomic mass is 35.5. The van der Waals surface area contributed by atoms with Gasteiger partial charge in [-0.15, -0.1) is 0 Å². The van der Waals surface area contributed by atoms with Gasteiger partial charge in [-0.1, -0.05) is 36.0 Å². The molecule has 0 aliphatic heterocycles. The number of amides is 1. The Bertz CT molecular complexity index is 991. The summed E-state index contributed by atoms with van der Waals surface area (Å²) < 4.78 is 14.8. The minimum atomic E-state index is -0.300. The summed E-state index contributed by atoms with van der Waals surface area (Å²) in [7, 11) is 1.82. The van der Waals surface area contributed by atoms with Crippen molar-refractivity contribution in [3.8, 4) is 0 Å². The first-order valence-electron chi connectivity index (χ1n) is 9.18. The third-order valence-electron chi connectivity index (χ3n) is 4.91. The molecule has 2 aromatic rings. The van der Waals surface area contributed by atoms with Crippen molar-refractivity contribution >= 4 is 40.2 Å². The van der Waals surface area contributed by atoms with Crippen LogP contribution in [-0.2, 0) is 18.3 Å². The van der Waals surface area contributed by atoms with Crippen molar-refractivity contribution in [1.82, 2.24) is 15.1 Å². The molecule has 0 saturated carbocycles. The zero-order valence-corrected chi connectivity index (χ0v) is 17.8. The predicted molar refractivity (Wildman–Crippen MR) is 117 cm³/mol. The fourth-order valence-electron chi connectivity index (χ4n) is 3.35. The number of rotatable bonds is 6. The summed E-state index contributed by atoms with van der Waals surface area (Å²) in [5.41, 5.74) is 9.86. The summed E-state index contributed by atoms with van der Waals surface area (Å²) in [6.45, 7) is 2.18. The molecule has 0 bridgehead atoms.